The number of amides is 1. The summed E-state index contributed by atoms with van der Waals surface area (Å²) >= 11 is 0. The molecule has 0 aromatic heterocycles. The zero-order valence-corrected chi connectivity index (χ0v) is 10.7. The van der Waals surface area contributed by atoms with Crippen LogP contribution in [0, 0.1) is 6.92 Å². The molecule has 0 aliphatic rings. The number of hydrogen-bond acceptors (Lipinski definition) is 4. The first-order valence-electron chi connectivity index (χ1n) is 5.53. The summed E-state index contributed by atoms with van der Waals surface area (Å²) in [5.41, 5.74) is 1.37. The van der Waals surface area contributed by atoms with Crippen LogP contribution >= 0.6 is 0 Å². The highest BCUT2D eigenvalue weighted by Gasteiger charge is 2.22. The zero-order valence-electron chi connectivity index (χ0n) is 10.7. The third-order valence-corrected chi connectivity index (χ3v) is 2.51. The Morgan fingerprint density at radius 2 is 1.94 bits per heavy atom. The summed E-state index contributed by atoms with van der Waals surface area (Å²) in [5, 5.41) is 2.59. The topological polar surface area (TPSA) is 64.6 Å². The first-order valence-corrected chi connectivity index (χ1v) is 5.53. The van der Waals surface area contributed by atoms with Gasteiger partial charge in [0.05, 0.1) is 13.7 Å². The summed E-state index contributed by atoms with van der Waals surface area (Å²) in [5.74, 6) is -0.848. The molecule has 18 heavy (non-hydrogen) atoms. The number of aryl methyl sites for hydroxylation is 1. The molecule has 1 aromatic rings. The Labute approximate surface area is 106 Å². The van der Waals surface area contributed by atoms with Crippen LogP contribution in [0.4, 0.5) is 0 Å². The Morgan fingerprint density at radius 3 is 2.50 bits per heavy atom. The second-order valence-corrected chi connectivity index (χ2v) is 3.82. The van der Waals surface area contributed by atoms with E-state index in [9.17, 15) is 9.59 Å². The van der Waals surface area contributed by atoms with E-state index in [2.05, 4.69) is 10.1 Å². The van der Waals surface area contributed by atoms with Crippen molar-refractivity contribution in [3.63, 3.8) is 0 Å². The highest BCUT2D eigenvalue weighted by Crippen LogP contribution is 2.07. The normalized spacial score (nSPS) is 11.7. The maximum atomic E-state index is 12.0. The number of carbonyl (C=O) groups excluding carboxylic acids is 2. The number of ether oxygens (including phenoxy) is 2. The summed E-state index contributed by atoms with van der Waals surface area (Å²) in [4.78, 5) is 23.4. The standard InChI is InChI=1S/C13H17NO4/c1-9-6-4-5-7-10(9)12(15)14-11(8-17-2)13(16)18-3/h4-7,11H,8H2,1-3H3,(H,14,15). The number of hydrogen-bond donors (Lipinski definition) is 1. The molecule has 0 aliphatic heterocycles. The quantitative estimate of drug-likeness (QED) is 0.790. The number of methoxy groups -OCH3 is 2. The van der Waals surface area contributed by atoms with Crippen molar-refractivity contribution in [1.82, 2.24) is 5.32 Å². The van der Waals surface area contributed by atoms with Crippen molar-refractivity contribution in [3.8, 4) is 0 Å². The number of esters is 1. The monoisotopic (exact) mass is 251 g/mol. The van der Waals surface area contributed by atoms with E-state index in [-0.39, 0.29) is 12.5 Å². The highest BCUT2D eigenvalue weighted by molar-refractivity contribution is 5.97. The number of rotatable bonds is 5. The molecule has 5 nitrogen and oxygen atoms in total. The van der Waals surface area contributed by atoms with Crippen LogP contribution in [-0.2, 0) is 14.3 Å². The van der Waals surface area contributed by atoms with Gasteiger partial charge in [-0.15, -0.1) is 0 Å². The molecule has 0 heterocycles. The third-order valence-electron chi connectivity index (χ3n) is 2.51. The molecule has 0 fully saturated rings. The SMILES string of the molecule is COCC(NC(=O)c1ccccc1C)C(=O)OC. The van der Waals surface area contributed by atoms with Gasteiger partial charge in [-0.05, 0) is 18.6 Å². The molecule has 1 unspecified atom stereocenters. The Balaban J connectivity index is 2.79. The number of nitrogens with one attached hydrogen (secondary N) is 1. The van der Waals surface area contributed by atoms with E-state index in [0.29, 0.717) is 5.56 Å². The fourth-order valence-electron chi connectivity index (χ4n) is 1.54. The molecule has 1 atom stereocenters. The van der Waals surface area contributed by atoms with Crippen LogP contribution in [0.3, 0.4) is 0 Å². The van der Waals surface area contributed by atoms with Crippen molar-refractivity contribution in [3.05, 3.63) is 35.4 Å². The van der Waals surface area contributed by atoms with Gasteiger partial charge in [-0.3, -0.25) is 4.79 Å². The Hall–Kier alpha value is -1.88. The van der Waals surface area contributed by atoms with Gasteiger partial charge in [-0.1, -0.05) is 18.2 Å². The Kier molecular flexibility index (Phi) is 5.32. The van der Waals surface area contributed by atoms with Crippen LogP contribution in [0.15, 0.2) is 24.3 Å². The third kappa shape index (κ3) is 3.56. The minimum absolute atomic E-state index is 0.0737. The van der Waals surface area contributed by atoms with E-state index in [1.165, 1.54) is 14.2 Å². The fraction of sp³-hybridized carbons (Fsp3) is 0.385. The lowest BCUT2D eigenvalue weighted by Crippen LogP contribution is -2.44. The fourth-order valence-corrected chi connectivity index (χ4v) is 1.54. The van der Waals surface area contributed by atoms with E-state index in [1.807, 2.05) is 19.1 Å². The lowest BCUT2D eigenvalue weighted by Gasteiger charge is -2.16. The van der Waals surface area contributed by atoms with Crippen LogP contribution in [0.1, 0.15) is 15.9 Å². The van der Waals surface area contributed by atoms with Gasteiger partial charge in [-0.25, -0.2) is 4.79 Å². The number of carbonyl (C=O) groups is 2. The Bertz CT molecular complexity index is 431. The van der Waals surface area contributed by atoms with Gasteiger partial charge in [0.25, 0.3) is 5.91 Å². The molecule has 5 heteroatoms. The highest BCUT2D eigenvalue weighted by atomic mass is 16.5. The van der Waals surface area contributed by atoms with Gasteiger partial charge in [0, 0.05) is 12.7 Å². The molecule has 1 N–H and O–H groups in total. The molecule has 1 amide bonds. The van der Waals surface area contributed by atoms with Crippen LogP contribution in [0.2, 0.25) is 0 Å². The minimum atomic E-state index is -0.799. The largest absolute Gasteiger partial charge is 0.467 e. The summed E-state index contributed by atoms with van der Waals surface area (Å²) in [7, 11) is 2.72. The molecule has 0 spiro atoms. The van der Waals surface area contributed by atoms with Gasteiger partial charge >= 0.3 is 5.97 Å². The van der Waals surface area contributed by atoms with Crippen molar-refractivity contribution in [1.29, 1.82) is 0 Å². The van der Waals surface area contributed by atoms with Gasteiger partial charge in [0.15, 0.2) is 6.04 Å². The van der Waals surface area contributed by atoms with Crippen LogP contribution in [-0.4, -0.2) is 38.7 Å². The molecular weight excluding hydrogens is 234 g/mol. The van der Waals surface area contributed by atoms with Gasteiger partial charge in [0.2, 0.25) is 0 Å². The summed E-state index contributed by atoms with van der Waals surface area (Å²) in [6.45, 7) is 1.91. The van der Waals surface area contributed by atoms with Gasteiger partial charge in [0.1, 0.15) is 0 Å². The lowest BCUT2D eigenvalue weighted by atomic mass is 10.1. The average Bonchev–Trinajstić information content (AvgIpc) is 2.37. The van der Waals surface area contributed by atoms with Crippen molar-refractivity contribution >= 4 is 11.9 Å². The van der Waals surface area contributed by atoms with E-state index >= 15 is 0 Å². The van der Waals surface area contributed by atoms with Crippen molar-refractivity contribution in [2.45, 2.75) is 13.0 Å². The second kappa shape index (κ2) is 6.76. The minimum Gasteiger partial charge on any atom is -0.467 e. The molecule has 1 rings (SSSR count). The van der Waals surface area contributed by atoms with Crippen LogP contribution < -0.4 is 5.32 Å². The summed E-state index contributed by atoms with van der Waals surface area (Å²) < 4.78 is 9.48. The zero-order chi connectivity index (χ0) is 13.5. The molecule has 0 saturated carbocycles. The summed E-state index contributed by atoms with van der Waals surface area (Å²) in [6, 6.07) is 6.35. The molecule has 0 aliphatic carbocycles. The Morgan fingerprint density at radius 1 is 1.28 bits per heavy atom. The van der Waals surface area contributed by atoms with Crippen LogP contribution in [0.5, 0.6) is 0 Å². The first-order chi connectivity index (χ1) is 8.60. The van der Waals surface area contributed by atoms with Crippen molar-refractivity contribution < 1.29 is 19.1 Å². The predicted molar refractivity (Wildman–Crippen MR) is 66.3 cm³/mol. The maximum absolute atomic E-state index is 12.0. The van der Waals surface area contributed by atoms with E-state index in [0.717, 1.165) is 5.56 Å². The van der Waals surface area contributed by atoms with Gasteiger partial charge < -0.3 is 14.8 Å². The van der Waals surface area contributed by atoms with E-state index in [4.69, 9.17) is 4.74 Å². The first kappa shape index (κ1) is 14.2. The molecule has 0 saturated heterocycles. The molecular formula is C13H17NO4. The maximum Gasteiger partial charge on any atom is 0.330 e. The van der Waals surface area contributed by atoms with Crippen LogP contribution in [0.25, 0.3) is 0 Å². The smallest absolute Gasteiger partial charge is 0.330 e. The molecule has 0 radical (unpaired) electrons. The van der Waals surface area contributed by atoms with Gasteiger partial charge in [-0.2, -0.15) is 0 Å². The predicted octanol–water partition coefficient (Wildman–Crippen LogP) is 0.913. The van der Waals surface area contributed by atoms with Crippen molar-refractivity contribution in [2.75, 3.05) is 20.8 Å². The molecule has 1 aromatic carbocycles. The lowest BCUT2D eigenvalue weighted by molar-refractivity contribution is -0.144. The van der Waals surface area contributed by atoms with E-state index in [1.54, 1.807) is 12.1 Å². The number of benzene rings is 1. The average molecular weight is 251 g/mol. The molecule has 0 bridgehead atoms. The summed E-state index contributed by atoms with van der Waals surface area (Å²) in [6.07, 6.45) is 0. The second-order valence-electron chi connectivity index (χ2n) is 3.82. The van der Waals surface area contributed by atoms with Crippen molar-refractivity contribution in [2.24, 2.45) is 0 Å². The molecule has 98 valence electrons. The van der Waals surface area contributed by atoms with E-state index < -0.39 is 12.0 Å².